The maximum absolute atomic E-state index is 8.82. The summed E-state index contributed by atoms with van der Waals surface area (Å²) in [5, 5.41) is 2.10. The zero-order chi connectivity index (χ0) is 54.8. The first-order chi connectivity index (χ1) is 37.4. The van der Waals surface area contributed by atoms with Gasteiger partial charge in [0, 0.05) is 39.6 Å². The average molecular weight is 1190 g/mol. The van der Waals surface area contributed by atoms with Gasteiger partial charge in [-0.3, -0.25) is 9.97 Å². The summed E-state index contributed by atoms with van der Waals surface area (Å²) < 4.78 is 29.0. The molecule has 0 aliphatic carbocycles. The molecular weight excluding hydrogens is 1120 g/mol. The third-order valence-electron chi connectivity index (χ3n) is 14.3. The molecule has 1 radical (unpaired) electrons. The molecule has 0 N–H and O–H groups in total. The first kappa shape index (κ1) is 50.1. The van der Waals surface area contributed by atoms with Crippen LogP contribution < -0.4 is 0 Å². The first-order valence-electron chi connectivity index (χ1n) is 27.5. The molecule has 77 heavy (non-hydrogen) atoms. The van der Waals surface area contributed by atoms with Gasteiger partial charge in [-0.2, -0.15) is 0 Å². The van der Waals surface area contributed by atoms with Gasteiger partial charge in [0.1, 0.15) is 5.58 Å². The molecular formula is C70H65IrN5O-2. The molecule has 0 unspecified atom stereocenters. The van der Waals surface area contributed by atoms with Gasteiger partial charge in [0.05, 0.1) is 39.3 Å². The SMILES string of the molecule is Cc1c[c-]c(-c2nc3ccccc3n2-c2c(C)cccc2C)c(C)n1.[2H]C([2H])(c1ccc(-c2cc(C(C)C)c(-n3c(-c4[c-]ccc5c4oc4cc(-c6ccccc6)ccc45)nc4ccccc43)c(C(C)C)c2)cc1)C(C)(C)C.[Ir]. The van der Waals surface area contributed by atoms with Crippen molar-refractivity contribution < 1.29 is 27.3 Å². The Labute approximate surface area is 470 Å². The van der Waals surface area contributed by atoms with Gasteiger partial charge < -0.3 is 18.5 Å². The zero-order valence-electron chi connectivity index (χ0n) is 47.8. The van der Waals surface area contributed by atoms with Crippen molar-refractivity contribution in [1.82, 2.24) is 24.1 Å². The third kappa shape index (κ3) is 10.2. The van der Waals surface area contributed by atoms with Crippen molar-refractivity contribution in [3.63, 3.8) is 0 Å². The van der Waals surface area contributed by atoms with Gasteiger partial charge in [0.25, 0.3) is 0 Å². The summed E-state index contributed by atoms with van der Waals surface area (Å²) in [4.78, 5) is 14.9. The van der Waals surface area contributed by atoms with Crippen LogP contribution in [0, 0.1) is 45.2 Å². The molecule has 7 heteroatoms. The molecule has 0 saturated carbocycles. The Hall–Kier alpha value is -7.70. The molecule has 8 aromatic carbocycles. The number of pyridine rings is 1. The minimum Gasteiger partial charge on any atom is -0.501 e. The van der Waals surface area contributed by atoms with Gasteiger partial charge in [0.2, 0.25) is 0 Å². The molecule has 12 rings (SSSR count). The van der Waals surface area contributed by atoms with E-state index in [0.29, 0.717) is 5.56 Å². The largest absolute Gasteiger partial charge is 0.501 e. The van der Waals surface area contributed by atoms with Crippen LogP contribution in [-0.2, 0) is 26.5 Å². The Morgan fingerprint density at radius 2 is 1.10 bits per heavy atom. The van der Waals surface area contributed by atoms with Gasteiger partial charge in [-0.25, -0.2) is 0 Å². The number of hydrogen-bond donors (Lipinski definition) is 0. The van der Waals surface area contributed by atoms with Crippen molar-refractivity contribution in [2.24, 2.45) is 5.41 Å². The number of imidazole rings is 2. The monoisotopic (exact) mass is 1190 g/mol. The number of aryl methyl sites for hydroxylation is 4. The second kappa shape index (κ2) is 21.4. The number of fused-ring (bicyclic) bond motifs is 5. The van der Waals surface area contributed by atoms with Crippen molar-refractivity contribution in [1.29, 1.82) is 0 Å². The van der Waals surface area contributed by atoms with E-state index >= 15 is 0 Å². The molecule has 0 spiro atoms. The topological polar surface area (TPSA) is 61.7 Å². The van der Waals surface area contributed by atoms with Crippen molar-refractivity contribution in [3.05, 3.63) is 221 Å². The van der Waals surface area contributed by atoms with E-state index < -0.39 is 11.8 Å². The van der Waals surface area contributed by atoms with Crippen LogP contribution in [0.5, 0.6) is 0 Å². The Kier molecular flexibility index (Phi) is 13.9. The van der Waals surface area contributed by atoms with Crippen molar-refractivity contribution in [3.8, 4) is 56.4 Å². The van der Waals surface area contributed by atoms with Crippen LogP contribution in [0.15, 0.2) is 174 Å². The molecule has 0 aliphatic rings. The number of hydrogen-bond acceptors (Lipinski definition) is 4. The fourth-order valence-corrected chi connectivity index (χ4v) is 10.7. The van der Waals surface area contributed by atoms with Crippen LogP contribution in [0.2, 0.25) is 0 Å². The van der Waals surface area contributed by atoms with E-state index in [1.54, 1.807) is 0 Å². The van der Waals surface area contributed by atoms with E-state index in [4.69, 9.17) is 17.1 Å². The number of nitrogens with zero attached hydrogens (tertiary/aromatic N) is 5. The molecule has 0 fully saturated rings. The molecule has 0 aliphatic heterocycles. The molecule has 0 saturated heterocycles. The molecule has 387 valence electrons. The molecule has 0 atom stereocenters. The second-order valence-corrected chi connectivity index (χ2v) is 21.8. The van der Waals surface area contributed by atoms with Gasteiger partial charge in [0.15, 0.2) is 0 Å². The minimum atomic E-state index is -1.45. The Morgan fingerprint density at radius 1 is 0.545 bits per heavy atom. The zero-order valence-corrected chi connectivity index (χ0v) is 48.2. The van der Waals surface area contributed by atoms with Gasteiger partial charge in [-0.1, -0.05) is 188 Å². The number of furan rings is 1. The summed E-state index contributed by atoms with van der Waals surface area (Å²) in [5.74, 6) is 2.09. The van der Waals surface area contributed by atoms with Gasteiger partial charge in [-0.05, 0) is 141 Å². The van der Waals surface area contributed by atoms with Crippen LogP contribution in [0.1, 0.15) is 102 Å². The number of benzene rings is 8. The number of rotatable bonds is 9. The Balaban J connectivity index is 0.000000226. The maximum atomic E-state index is 8.82. The second-order valence-electron chi connectivity index (χ2n) is 21.8. The molecule has 6 nitrogen and oxygen atoms in total. The van der Waals surface area contributed by atoms with E-state index in [0.717, 1.165) is 106 Å². The van der Waals surface area contributed by atoms with E-state index in [1.165, 1.54) is 27.9 Å². The van der Waals surface area contributed by atoms with Crippen LogP contribution >= 0.6 is 0 Å². The smallest absolute Gasteiger partial charge is 0.121 e. The normalized spacial score (nSPS) is 12.3. The summed E-state index contributed by atoms with van der Waals surface area (Å²) >= 11 is 0. The number of para-hydroxylation sites is 5. The Morgan fingerprint density at radius 3 is 1.70 bits per heavy atom. The van der Waals surface area contributed by atoms with Crippen molar-refractivity contribution >= 4 is 44.0 Å². The summed E-state index contributed by atoms with van der Waals surface area (Å²) in [6, 6.07) is 65.5. The van der Waals surface area contributed by atoms with Crippen LogP contribution in [0.4, 0.5) is 0 Å². The fraction of sp³-hybridized carbons (Fsp3) is 0.214. The summed E-state index contributed by atoms with van der Waals surface area (Å²) in [6.07, 6.45) is -1.45. The van der Waals surface area contributed by atoms with Crippen LogP contribution in [0.25, 0.3) is 100 Å². The van der Waals surface area contributed by atoms with E-state index in [1.807, 2.05) is 77.1 Å². The summed E-state index contributed by atoms with van der Waals surface area (Å²) in [5.41, 5.74) is 21.1. The number of aromatic nitrogens is 5. The van der Waals surface area contributed by atoms with Crippen LogP contribution in [0.3, 0.4) is 0 Å². The van der Waals surface area contributed by atoms with Gasteiger partial charge >= 0.3 is 0 Å². The minimum absolute atomic E-state index is 0. The third-order valence-corrected chi connectivity index (χ3v) is 14.3. The summed E-state index contributed by atoms with van der Waals surface area (Å²) in [7, 11) is 0. The molecule has 0 bridgehead atoms. The predicted molar refractivity (Wildman–Crippen MR) is 317 cm³/mol. The van der Waals surface area contributed by atoms with Crippen molar-refractivity contribution in [2.45, 2.75) is 94.4 Å². The fourth-order valence-electron chi connectivity index (χ4n) is 10.7. The summed E-state index contributed by atoms with van der Waals surface area (Å²) in [6.45, 7) is 23.2. The Bertz CT molecular complexity index is 4170. The van der Waals surface area contributed by atoms with Crippen molar-refractivity contribution in [2.75, 3.05) is 0 Å². The molecule has 4 heterocycles. The molecule has 0 amide bonds. The molecule has 4 aromatic heterocycles. The van der Waals surface area contributed by atoms with Gasteiger partial charge in [-0.15, -0.1) is 30.3 Å². The predicted octanol–water partition coefficient (Wildman–Crippen LogP) is 18.7. The van der Waals surface area contributed by atoms with E-state index in [2.05, 4.69) is 195 Å². The molecule has 12 aromatic rings. The standard InChI is InChI=1S/C48H45N2O.C22H20N3.Ir/c1-30(2)40-26-36(34-22-20-32(21-23-34)29-48(5,6)7)27-41(31(3)4)45(40)50-43-19-12-11-18-42(43)49-47(50)39-17-13-16-38-37-25-24-35(28-44(37)51-46(38)39)33-14-9-8-10-15-33;1-14-8-7-9-15(2)21(14)25-20-11-6-5-10-19(20)24-22(25)18-13-12-16(3)23-17(18)4;/h8-16,18-28,30-31H,29H2,1-7H3;5-12H,1-4H3;/q2*-1;/i29D2;;. The van der Waals surface area contributed by atoms with E-state index in [-0.39, 0.29) is 31.9 Å². The average Bonchev–Trinajstić information content (AvgIpc) is 4.35. The quantitative estimate of drug-likeness (QED) is 0.135. The van der Waals surface area contributed by atoms with Crippen LogP contribution in [-0.4, -0.2) is 24.1 Å². The first-order valence-corrected chi connectivity index (χ1v) is 26.5. The van der Waals surface area contributed by atoms with E-state index in [9.17, 15) is 0 Å². The maximum Gasteiger partial charge on any atom is 0.121 e.